The second-order valence-corrected chi connectivity index (χ2v) is 5.99. The van der Waals surface area contributed by atoms with Crippen LogP contribution in [0, 0.1) is 0 Å². The molecule has 1 fully saturated rings. The highest BCUT2D eigenvalue weighted by molar-refractivity contribution is 5.81. The lowest BCUT2D eigenvalue weighted by Gasteiger charge is -2.37. The van der Waals surface area contributed by atoms with E-state index in [0.29, 0.717) is 12.5 Å². The van der Waals surface area contributed by atoms with Gasteiger partial charge in [-0.15, -0.1) is 0 Å². The standard InChI is InChI=1S/C16H23N3O2/c1-18(2)16(20)14-9-17-7-8-19(14)10-12-11-21-15-6-4-3-5-13(12)15/h3-6,12,14,17H,7-11H2,1-2H3. The number of likely N-dealkylation sites (N-methyl/N-ethyl adjacent to an activating group) is 1. The molecule has 1 amide bonds. The minimum Gasteiger partial charge on any atom is -0.493 e. The Bertz CT molecular complexity index is 518. The van der Waals surface area contributed by atoms with Crippen molar-refractivity contribution in [1.82, 2.24) is 15.1 Å². The van der Waals surface area contributed by atoms with Crippen LogP contribution in [0.2, 0.25) is 0 Å². The van der Waals surface area contributed by atoms with Crippen molar-refractivity contribution in [3.05, 3.63) is 29.8 Å². The first-order chi connectivity index (χ1) is 10.2. The number of hydrogen-bond acceptors (Lipinski definition) is 4. The highest BCUT2D eigenvalue weighted by Gasteiger charge is 2.33. The number of ether oxygens (including phenoxy) is 1. The highest BCUT2D eigenvalue weighted by atomic mass is 16.5. The molecule has 0 spiro atoms. The minimum atomic E-state index is -0.0680. The second kappa shape index (κ2) is 6.03. The van der Waals surface area contributed by atoms with E-state index in [1.54, 1.807) is 4.90 Å². The maximum absolute atomic E-state index is 12.3. The zero-order valence-corrected chi connectivity index (χ0v) is 12.7. The van der Waals surface area contributed by atoms with E-state index in [1.165, 1.54) is 5.56 Å². The fraction of sp³-hybridized carbons (Fsp3) is 0.562. The van der Waals surface area contributed by atoms with E-state index < -0.39 is 0 Å². The van der Waals surface area contributed by atoms with Crippen molar-refractivity contribution in [3.8, 4) is 5.75 Å². The van der Waals surface area contributed by atoms with Gasteiger partial charge in [-0.25, -0.2) is 0 Å². The number of rotatable bonds is 3. The third-order valence-electron chi connectivity index (χ3n) is 4.33. The Hall–Kier alpha value is -1.59. The van der Waals surface area contributed by atoms with Gasteiger partial charge in [0.15, 0.2) is 0 Å². The Morgan fingerprint density at radius 3 is 3.05 bits per heavy atom. The number of carbonyl (C=O) groups excluding carboxylic acids is 1. The largest absolute Gasteiger partial charge is 0.493 e. The topological polar surface area (TPSA) is 44.8 Å². The molecule has 1 saturated heterocycles. The lowest BCUT2D eigenvalue weighted by Crippen LogP contribution is -2.58. The molecule has 0 aromatic heterocycles. The molecule has 2 unspecified atom stereocenters. The van der Waals surface area contributed by atoms with Crippen LogP contribution in [0.1, 0.15) is 11.5 Å². The van der Waals surface area contributed by atoms with E-state index in [0.717, 1.165) is 31.9 Å². The Labute approximate surface area is 125 Å². The molecule has 1 aromatic rings. The molecule has 0 radical (unpaired) electrons. The lowest BCUT2D eigenvalue weighted by atomic mass is 9.99. The normalized spacial score (nSPS) is 25.2. The Morgan fingerprint density at radius 2 is 2.24 bits per heavy atom. The first kappa shape index (κ1) is 14.4. The summed E-state index contributed by atoms with van der Waals surface area (Å²) in [6, 6.07) is 8.15. The van der Waals surface area contributed by atoms with E-state index in [4.69, 9.17) is 4.74 Å². The quantitative estimate of drug-likeness (QED) is 0.881. The predicted molar refractivity (Wildman–Crippen MR) is 81.6 cm³/mol. The third kappa shape index (κ3) is 2.89. The summed E-state index contributed by atoms with van der Waals surface area (Å²) in [6.45, 7) is 4.16. The van der Waals surface area contributed by atoms with Crippen LogP contribution in [0.15, 0.2) is 24.3 Å². The number of piperazine rings is 1. The Balaban J connectivity index is 1.72. The van der Waals surface area contributed by atoms with Crippen molar-refractivity contribution in [2.45, 2.75) is 12.0 Å². The van der Waals surface area contributed by atoms with Crippen molar-refractivity contribution >= 4 is 5.91 Å². The number of hydrogen-bond donors (Lipinski definition) is 1. The van der Waals surface area contributed by atoms with Gasteiger partial charge in [-0.05, 0) is 6.07 Å². The Kier molecular flexibility index (Phi) is 4.12. The van der Waals surface area contributed by atoms with E-state index in [2.05, 4.69) is 22.3 Å². The van der Waals surface area contributed by atoms with Gasteiger partial charge in [0.25, 0.3) is 0 Å². The third-order valence-corrected chi connectivity index (χ3v) is 4.33. The summed E-state index contributed by atoms with van der Waals surface area (Å²) >= 11 is 0. The zero-order valence-electron chi connectivity index (χ0n) is 12.7. The molecule has 2 aliphatic heterocycles. The first-order valence-electron chi connectivity index (χ1n) is 7.54. The van der Waals surface area contributed by atoms with Gasteiger partial charge in [-0.3, -0.25) is 9.69 Å². The molecule has 0 aliphatic carbocycles. The molecule has 114 valence electrons. The number of para-hydroxylation sites is 1. The monoisotopic (exact) mass is 289 g/mol. The van der Waals surface area contributed by atoms with Crippen LogP contribution < -0.4 is 10.1 Å². The fourth-order valence-corrected chi connectivity index (χ4v) is 3.17. The number of carbonyl (C=O) groups is 1. The van der Waals surface area contributed by atoms with Gasteiger partial charge in [0.2, 0.25) is 5.91 Å². The van der Waals surface area contributed by atoms with E-state index in [1.807, 2.05) is 26.2 Å². The average molecular weight is 289 g/mol. The molecule has 5 nitrogen and oxygen atoms in total. The number of nitrogens with one attached hydrogen (secondary N) is 1. The maximum Gasteiger partial charge on any atom is 0.240 e. The van der Waals surface area contributed by atoms with E-state index in [9.17, 15) is 4.79 Å². The molecular weight excluding hydrogens is 266 g/mol. The molecule has 0 bridgehead atoms. The molecule has 21 heavy (non-hydrogen) atoms. The van der Waals surface area contributed by atoms with Crippen LogP contribution in [-0.2, 0) is 4.79 Å². The van der Waals surface area contributed by atoms with Crippen molar-refractivity contribution in [2.75, 3.05) is 46.9 Å². The van der Waals surface area contributed by atoms with Gasteiger partial charge >= 0.3 is 0 Å². The van der Waals surface area contributed by atoms with Crippen LogP contribution >= 0.6 is 0 Å². The van der Waals surface area contributed by atoms with Crippen molar-refractivity contribution < 1.29 is 9.53 Å². The van der Waals surface area contributed by atoms with Crippen molar-refractivity contribution in [3.63, 3.8) is 0 Å². The van der Waals surface area contributed by atoms with Crippen LogP contribution in [0.5, 0.6) is 5.75 Å². The smallest absolute Gasteiger partial charge is 0.240 e. The zero-order chi connectivity index (χ0) is 14.8. The Morgan fingerprint density at radius 1 is 1.43 bits per heavy atom. The summed E-state index contributed by atoms with van der Waals surface area (Å²) in [5.41, 5.74) is 1.27. The lowest BCUT2D eigenvalue weighted by molar-refractivity contribution is -0.135. The van der Waals surface area contributed by atoms with Crippen molar-refractivity contribution in [1.29, 1.82) is 0 Å². The van der Waals surface area contributed by atoms with Crippen molar-refractivity contribution in [2.24, 2.45) is 0 Å². The van der Waals surface area contributed by atoms with Crippen LogP contribution in [-0.4, -0.2) is 68.6 Å². The average Bonchev–Trinajstić information content (AvgIpc) is 2.90. The molecule has 0 saturated carbocycles. The summed E-state index contributed by atoms with van der Waals surface area (Å²) < 4.78 is 5.76. The van der Waals surface area contributed by atoms with Crippen LogP contribution in [0.4, 0.5) is 0 Å². The van der Waals surface area contributed by atoms with Gasteiger partial charge in [0, 0.05) is 51.8 Å². The first-order valence-corrected chi connectivity index (χ1v) is 7.54. The number of nitrogens with zero attached hydrogens (tertiary/aromatic N) is 2. The van der Waals surface area contributed by atoms with Gasteiger partial charge in [0.05, 0.1) is 6.61 Å². The number of amides is 1. The molecule has 1 N–H and O–H groups in total. The molecule has 5 heteroatoms. The van der Waals surface area contributed by atoms with Gasteiger partial charge < -0.3 is 15.0 Å². The molecule has 2 atom stereocenters. The SMILES string of the molecule is CN(C)C(=O)C1CNCCN1CC1COc2ccccc21. The maximum atomic E-state index is 12.3. The number of fused-ring (bicyclic) bond motifs is 1. The van der Waals surface area contributed by atoms with E-state index >= 15 is 0 Å². The molecule has 3 rings (SSSR count). The van der Waals surface area contributed by atoms with Crippen LogP contribution in [0.3, 0.4) is 0 Å². The van der Waals surface area contributed by atoms with Crippen LogP contribution in [0.25, 0.3) is 0 Å². The second-order valence-electron chi connectivity index (χ2n) is 5.99. The van der Waals surface area contributed by atoms with Gasteiger partial charge in [-0.2, -0.15) is 0 Å². The molecular formula is C16H23N3O2. The highest BCUT2D eigenvalue weighted by Crippen LogP contribution is 2.34. The summed E-state index contributed by atoms with van der Waals surface area (Å²) in [4.78, 5) is 16.3. The predicted octanol–water partition coefficient (Wildman–Crippen LogP) is 0.525. The minimum absolute atomic E-state index is 0.0680. The van der Waals surface area contributed by atoms with Gasteiger partial charge in [-0.1, -0.05) is 18.2 Å². The van der Waals surface area contributed by atoms with E-state index in [-0.39, 0.29) is 11.9 Å². The summed E-state index contributed by atoms with van der Waals surface area (Å²) in [5.74, 6) is 1.53. The summed E-state index contributed by atoms with van der Waals surface area (Å²) in [6.07, 6.45) is 0. The van der Waals surface area contributed by atoms with Gasteiger partial charge in [0.1, 0.15) is 11.8 Å². The molecule has 2 heterocycles. The molecule has 1 aromatic carbocycles. The molecule has 2 aliphatic rings. The number of benzene rings is 1. The summed E-state index contributed by atoms with van der Waals surface area (Å²) in [5, 5.41) is 3.32. The summed E-state index contributed by atoms with van der Waals surface area (Å²) in [7, 11) is 3.65. The fourth-order valence-electron chi connectivity index (χ4n) is 3.17.